The lowest BCUT2D eigenvalue weighted by Gasteiger charge is -2.17. The second-order valence-electron chi connectivity index (χ2n) is 2.39. The van der Waals surface area contributed by atoms with E-state index in [2.05, 4.69) is 22.8 Å². The summed E-state index contributed by atoms with van der Waals surface area (Å²) in [4.78, 5) is 0. The standard InChI is InChI=1S/C8H9N2/c1-2-7-6-9-5-3-8(7)10-4-1/h1,3-4,6,10H,2,5H2. The zero-order chi connectivity index (χ0) is 6.81. The molecule has 0 aromatic carbocycles. The molecule has 1 radical (unpaired) electrons. The molecule has 2 rings (SSSR count). The van der Waals surface area contributed by atoms with Gasteiger partial charge in [-0.05, 0) is 24.3 Å². The molecule has 2 nitrogen and oxygen atoms in total. The van der Waals surface area contributed by atoms with Crippen molar-refractivity contribution in [2.24, 2.45) is 0 Å². The Hall–Kier alpha value is -1.18. The Morgan fingerprint density at radius 2 is 2.50 bits per heavy atom. The van der Waals surface area contributed by atoms with Gasteiger partial charge in [-0.2, -0.15) is 0 Å². The highest BCUT2D eigenvalue weighted by atomic mass is 14.9. The van der Waals surface area contributed by atoms with Crippen LogP contribution in [0.15, 0.2) is 35.8 Å². The molecule has 2 aliphatic rings. The normalized spacial score (nSPS) is 21.6. The van der Waals surface area contributed by atoms with Crippen LogP contribution in [0.3, 0.4) is 0 Å². The van der Waals surface area contributed by atoms with E-state index in [4.69, 9.17) is 0 Å². The van der Waals surface area contributed by atoms with E-state index in [-0.39, 0.29) is 0 Å². The van der Waals surface area contributed by atoms with Crippen LogP contribution in [0.4, 0.5) is 0 Å². The van der Waals surface area contributed by atoms with Crippen LogP contribution in [0, 0.1) is 0 Å². The molecule has 51 valence electrons. The van der Waals surface area contributed by atoms with Crippen molar-refractivity contribution in [3.63, 3.8) is 0 Å². The van der Waals surface area contributed by atoms with Gasteiger partial charge in [-0.3, -0.25) is 5.32 Å². The zero-order valence-corrected chi connectivity index (χ0v) is 5.67. The third-order valence-electron chi connectivity index (χ3n) is 1.69. The number of allylic oxidation sites excluding steroid dienone is 2. The van der Waals surface area contributed by atoms with Crippen molar-refractivity contribution in [1.82, 2.24) is 10.6 Å². The van der Waals surface area contributed by atoms with Gasteiger partial charge in [-0.15, -0.1) is 0 Å². The average molecular weight is 133 g/mol. The van der Waals surface area contributed by atoms with Gasteiger partial charge in [0.05, 0.1) is 6.54 Å². The van der Waals surface area contributed by atoms with Gasteiger partial charge in [0, 0.05) is 11.9 Å². The first kappa shape index (κ1) is 5.59. The van der Waals surface area contributed by atoms with Gasteiger partial charge < -0.3 is 5.32 Å². The molecule has 2 heterocycles. The second kappa shape index (κ2) is 2.21. The van der Waals surface area contributed by atoms with E-state index in [0.29, 0.717) is 0 Å². The first-order chi connectivity index (χ1) is 4.97. The molecule has 0 fully saturated rings. The van der Waals surface area contributed by atoms with Gasteiger partial charge in [-0.1, -0.05) is 6.08 Å². The summed E-state index contributed by atoms with van der Waals surface area (Å²) in [5.74, 6) is 0. The molecule has 0 saturated carbocycles. The Labute approximate surface area is 60.3 Å². The Balaban J connectivity index is 2.30. The van der Waals surface area contributed by atoms with Gasteiger partial charge in [0.25, 0.3) is 0 Å². The minimum atomic E-state index is 0.819. The third-order valence-corrected chi connectivity index (χ3v) is 1.69. The van der Waals surface area contributed by atoms with E-state index < -0.39 is 0 Å². The van der Waals surface area contributed by atoms with E-state index in [0.717, 1.165) is 13.0 Å². The van der Waals surface area contributed by atoms with Gasteiger partial charge >= 0.3 is 0 Å². The van der Waals surface area contributed by atoms with Gasteiger partial charge in [0.2, 0.25) is 0 Å². The van der Waals surface area contributed by atoms with Crippen molar-refractivity contribution in [1.29, 1.82) is 0 Å². The van der Waals surface area contributed by atoms with Crippen molar-refractivity contribution in [2.75, 3.05) is 6.54 Å². The smallest absolute Gasteiger partial charge is 0.0593 e. The highest BCUT2D eigenvalue weighted by molar-refractivity contribution is 5.37. The average Bonchev–Trinajstić information content (AvgIpc) is 2.05. The molecule has 0 unspecified atom stereocenters. The Morgan fingerprint density at radius 1 is 1.50 bits per heavy atom. The minimum Gasteiger partial charge on any atom is -0.362 e. The first-order valence-corrected chi connectivity index (χ1v) is 3.44. The molecule has 0 amide bonds. The maximum Gasteiger partial charge on any atom is 0.0593 e. The number of rotatable bonds is 0. The Bertz CT molecular complexity index is 199. The fourth-order valence-corrected chi connectivity index (χ4v) is 1.16. The molecule has 10 heavy (non-hydrogen) atoms. The van der Waals surface area contributed by atoms with E-state index in [1.165, 1.54) is 11.3 Å². The summed E-state index contributed by atoms with van der Waals surface area (Å²) in [7, 11) is 0. The predicted octanol–water partition coefficient (Wildman–Crippen LogP) is 0.879. The largest absolute Gasteiger partial charge is 0.362 e. The predicted molar refractivity (Wildman–Crippen MR) is 40.1 cm³/mol. The second-order valence-corrected chi connectivity index (χ2v) is 2.39. The molecule has 2 heteroatoms. The summed E-state index contributed by atoms with van der Waals surface area (Å²) in [6, 6.07) is 0. The molecule has 0 aromatic heterocycles. The summed E-state index contributed by atoms with van der Waals surface area (Å²) >= 11 is 0. The molecule has 0 aromatic rings. The van der Waals surface area contributed by atoms with Crippen LogP contribution in [0.1, 0.15) is 6.42 Å². The maximum absolute atomic E-state index is 4.15. The Morgan fingerprint density at radius 3 is 3.40 bits per heavy atom. The Kier molecular flexibility index (Phi) is 1.24. The number of nitrogens with one attached hydrogen (secondary N) is 1. The maximum atomic E-state index is 4.15. The lowest BCUT2D eigenvalue weighted by molar-refractivity contribution is 0.855. The summed E-state index contributed by atoms with van der Waals surface area (Å²) in [6.45, 7) is 0.819. The minimum absolute atomic E-state index is 0.819. The van der Waals surface area contributed by atoms with Crippen LogP contribution in [-0.4, -0.2) is 6.54 Å². The van der Waals surface area contributed by atoms with Gasteiger partial charge in [0.1, 0.15) is 0 Å². The van der Waals surface area contributed by atoms with Crippen LogP contribution >= 0.6 is 0 Å². The first-order valence-electron chi connectivity index (χ1n) is 3.44. The SMILES string of the molecule is C1=CNC2=CC[N]C=C2C1. The summed E-state index contributed by atoms with van der Waals surface area (Å²) < 4.78 is 0. The topological polar surface area (TPSA) is 26.1 Å². The molecule has 2 aliphatic heterocycles. The monoisotopic (exact) mass is 133 g/mol. The highest BCUT2D eigenvalue weighted by Gasteiger charge is 2.08. The van der Waals surface area contributed by atoms with Crippen molar-refractivity contribution in [3.05, 3.63) is 35.8 Å². The number of hydrogen-bond acceptors (Lipinski definition) is 1. The van der Waals surface area contributed by atoms with Gasteiger partial charge in [-0.25, -0.2) is 0 Å². The molecule has 0 aliphatic carbocycles. The van der Waals surface area contributed by atoms with Crippen molar-refractivity contribution in [3.8, 4) is 0 Å². The fraction of sp³-hybridized carbons (Fsp3) is 0.250. The third kappa shape index (κ3) is 0.817. The zero-order valence-electron chi connectivity index (χ0n) is 5.67. The summed E-state index contributed by atoms with van der Waals surface area (Å²) in [5.41, 5.74) is 2.53. The number of nitrogens with zero attached hydrogens (tertiary/aromatic N) is 1. The fourth-order valence-electron chi connectivity index (χ4n) is 1.16. The molecule has 1 N–H and O–H groups in total. The summed E-state index contributed by atoms with van der Waals surface area (Å²) in [5, 5.41) is 7.32. The lowest BCUT2D eigenvalue weighted by atomic mass is 10.1. The quantitative estimate of drug-likeness (QED) is 0.521. The van der Waals surface area contributed by atoms with Crippen LogP contribution in [0.25, 0.3) is 0 Å². The van der Waals surface area contributed by atoms with E-state index in [9.17, 15) is 0 Å². The van der Waals surface area contributed by atoms with Crippen LogP contribution in [-0.2, 0) is 0 Å². The van der Waals surface area contributed by atoms with Crippen LogP contribution < -0.4 is 10.6 Å². The van der Waals surface area contributed by atoms with Gasteiger partial charge in [0.15, 0.2) is 0 Å². The van der Waals surface area contributed by atoms with Crippen molar-refractivity contribution < 1.29 is 0 Å². The van der Waals surface area contributed by atoms with E-state index in [1.807, 2.05) is 12.4 Å². The molecular weight excluding hydrogens is 124 g/mol. The lowest BCUT2D eigenvalue weighted by Crippen LogP contribution is -2.17. The van der Waals surface area contributed by atoms with Crippen LogP contribution in [0.5, 0.6) is 0 Å². The molecule has 0 saturated heterocycles. The molecule has 0 bridgehead atoms. The molecule has 0 spiro atoms. The number of hydrogen-bond donors (Lipinski definition) is 1. The summed E-state index contributed by atoms with van der Waals surface area (Å²) in [6.07, 6.45) is 9.16. The van der Waals surface area contributed by atoms with Crippen molar-refractivity contribution in [2.45, 2.75) is 6.42 Å². The number of fused-ring (bicyclic) bond motifs is 1. The molecular formula is C8H9N2. The van der Waals surface area contributed by atoms with Crippen molar-refractivity contribution >= 4 is 0 Å². The van der Waals surface area contributed by atoms with Crippen LogP contribution in [0.2, 0.25) is 0 Å². The highest BCUT2D eigenvalue weighted by Crippen LogP contribution is 2.17. The van der Waals surface area contributed by atoms with E-state index in [1.54, 1.807) is 0 Å². The molecule has 0 atom stereocenters. The van der Waals surface area contributed by atoms with E-state index >= 15 is 0 Å².